The minimum atomic E-state index is -3.87. The van der Waals surface area contributed by atoms with E-state index >= 15 is 0 Å². The van der Waals surface area contributed by atoms with Crippen LogP contribution in [0.5, 0.6) is 5.75 Å². The summed E-state index contributed by atoms with van der Waals surface area (Å²) in [4.78, 5) is 10.4. The van der Waals surface area contributed by atoms with Crippen LogP contribution in [0, 0.1) is 5.92 Å². The van der Waals surface area contributed by atoms with Gasteiger partial charge in [-0.15, -0.1) is 0 Å². The van der Waals surface area contributed by atoms with E-state index in [-0.39, 0.29) is 30.1 Å². The van der Waals surface area contributed by atoms with Crippen LogP contribution < -0.4 is 4.74 Å². The molecule has 1 aliphatic heterocycles. The largest absolute Gasteiger partial charge is 0.487 e. The fraction of sp³-hybridized carbons (Fsp3) is 0.385. The van der Waals surface area contributed by atoms with E-state index in [2.05, 4.69) is 14.9 Å². The number of hydrogen-bond donors (Lipinski definition) is 1. The minimum Gasteiger partial charge on any atom is -0.487 e. The molecule has 0 spiro atoms. The van der Waals surface area contributed by atoms with Crippen LogP contribution in [0.4, 0.5) is 0 Å². The van der Waals surface area contributed by atoms with Crippen LogP contribution >= 0.6 is 0 Å². The summed E-state index contributed by atoms with van der Waals surface area (Å²) in [6, 6.07) is 12.3. The van der Waals surface area contributed by atoms with Gasteiger partial charge in [0.25, 0.3) is 0 Å². The zero-order valence-electron chi connectivity index (χ0n) is 20.3. The average molecular weight is 497 g/mol. The van der Waals surface area contributed by atoms with Crippen LogP contribution in [-0.2, 0) is 16.6 Å². The molecular formula is C26H32N4O4S. The lowest BCUT2D eigenvalue weighted by molar-refractivity contribution is 0.0734. The predicted molar refractivity (Wildman–Crippen MR) is 134 cm³/mol. The molecule has 8 nitrogen and oxygen atoms in total. The van der Waals surface area contributed by atoms with Gasteiger partial charge in [0.1, 0.15) is 16.7 Å². The lowest BCUT2D eigenvalue weighted by atomic mass is 10.0. The number of aliphatic hydroxyl groups excluding tert-OH is 1. The van der Waals surface area contributed by atoms with E-state index in [4.69, 9.17) is 4.74 Å². The van der Waals surface area contributed by atoms with Gasteiger partial charge < -0.3 is 9.84 Å². The Balaban J connectivity index is 1.72. The number of nitrogens with zero attached hydrogens (tertiary/aromatic N) is 4. The number of fused-ring (bicyclic) bond motifs is 1. The molecule has 0 bridgehead atoms. The van der Waals surface area contributed by atoms with Gasteiger partial charge in [0.15, 0.2) is 0 Å². The molecule has 0 saturated carbocycles. The number of rotatable bonds is 7. The number of likely N-dealkylation sites (N-methyl/N-ethyl adjacent to an activating group) is 1. The summed E-state index contributed by atoms with van der Waals surface area (Å²) in [5.41, 5.74) is 2.91. The van der Waals surface area contributed by atoms with E-state index < -0.39 is 16.1 Å². The normalized spacial score (nSPS) is 20.9. The van der Waals surface area contributed by atoms with Crippen LogP contribution in [0.1, 0.15) is 19.4 Å². The van der Waals surface area contributed by atoms with E-state index in [1.54, 1.807) is 49.9 Å². The molecular weight excluding hydrogens is 464 g/mol. The summed E-state index contributed by atoms with van der Waals surface area (Å²) < 4.78 is 35.2. The van der Waals surface area contributed by atoms with Crippen LogP contribution in [0.3, 0.4) is 0 Å². The highest BCUT2D eigenvalue weighted by molar-refractivity contribution is 7.89. The maximum atomic E-state index is 13.6. The second kappa shape index (κ2) is 10.8. The van der Waals surface area contributed by atoms with Crippen LogP contribution in [0.15, 0.2) is 72.1 Å². The van der Waals surface area contributed by atoms with Gasteiger partial charge >= 0.3 is 0 Å². The first-order chi connectivity index (χ1) is 16.8. The predicted octanol–water partition coefficient (Wildman–Crippen LogP) is 3.04. The molecule has 0 radical (unpaired) electrons. The van der Waals surface area contributed by atoms with Gasteiger partial charge in [-0.2, -0.15) is 4.31 Å². The molecule has 1 aliphatic rings. The number of benzene rings is 1. The summed E-state index contributed by atoms with van der Waals surface area (Å²) in [5, 5.41) is 9.83. The summed E-state index contributed by atoms with van der Waals surface area (Å²) in [5.74, 6) is 0.208. The van der Waals surface area contributed by atoms with Crippen molar-refractivity contribution < 1.29 is 18.3 Å². The van der Waals surface area contributed by atoms with Crippen molar-refractivity contribution >= 4 is 10.0 Å². The third-order valence-electron chi connectivity index (χ3n) is 6.37. The molecule has 2 aromatic heterocycles. The highest BCUT2D eigenvalue weighted by atomic mass is 32.2. The molecule has 186 valence electrons. The molecule has 9 heteroatoms. The van der Waals surface area contributed by atoms with Crippen LogP contribution in [0.2, 0.25) is 0 Å². The topological polar surface area (TPSA) is 95.9 Å². The van der Waals surface area contributed by atoms with Crippen molar-refractivity contribution in [3.63, 3.8) is 0 Å². The molecule has 0 saturated heterocycles. The first-order valence-corrected chi connectivity index (χ1v) is 13.1. The van der Waals surface area contributed by atoms with Crippen molar-refractivity contribution in [1.82, 2.24) is 19.2 Å². The molecule has 1 aromatic carbocycles. The zero-order valence-corrected chi connectivity index (χ0v) is 21.1. The molecule has 3 aromatic rings. The van der Waals surface area contributed by atoms with Crippen molar-refractivity contribution in [1.29, 1.82) is 0 Å². The van der Waals surface area contributed by atoms with E-state index in [0.717, 1.165) is 16.7 Å². The number of aliphatic hydroxyl groups is 1. The molecule has 4 rings (SSSR count). The van der Waals surface area contributed by atoms with Gasteiger partial charge in [-0.3, -0.25) is 14.9 Å². The number of sulfonamides is 1. The first-order valence-electron chi connectivity index (χ1n) is 11.7. The zero-order chi connectivity index (χ0) is 25.0. The molecule has 35 heavy (non-hydrogen) atoms. The molecule has 0 aliphatic carbocycles. The van der Waals surface area contributed by atoms with Gasteiger partial charge in [0, 0.05) is 56.4 Å². The van der Waals surface area contributed by atoms with Crippen LogP contribution in [0.25, 0.3) is 11.1 Å². The third kappa shape index (κ3) is 5.70. The second-order valence-electron chi connectivity index (χ2n) is 9.19. The summed E-state index contributed by atoms with van der Waals surface area (Å²) >= 11 is 0. The molecule has 3 heterocycles. The average Bonchev–Trinajstić information content (AvgIpc) is 2.86. The maximum absolute atomic E-state index is 13.6. The van der Waals surface area contributed by atoms with Gasteiger partial charge in [0.05, 0.1) is 6.61 Å². The fourth-order valence-electron chi connectivity index (χ4n) is 4.34. The van der Waals surface area contributed by atoms with Crippen molar-refractivity contribution in [3.8, 4) is 16.9 Å². The summed E-state index contributed by atoms with van der Waals surface area (Å²) in [6.45, 7) is 5.03. The Morgan fingerprint density at radius 1 is 1.09 bits per heavy atom. The summed E-state index contributed by atoms with van der Waals surface area (Å²) in [7, 11) is -1.85. The molecule has 0 unspecified atom stereocenters. The number of aromatic nitrogens is 2. The summed E-state index contributed by atoms with van der Waals surface area (Å²) in [6.07, 6.45) is 6.68. The highest BCUT2D eigenvalue weighted by Crippen LogP contribution is 2.36. The quantitative estimate of drug-likeness (QED) is 0.537. The number of ether oxygens (including phenoxy) is 1. The van der Waals surface area contributed by atoms with Crippen molar-refractivity contribution in [3.05, 3.63) is 72.8 Å². The molecule has 0 amide bonds. The number of pyridine rings is 2. The highest BCUT2D eigenvalue weighted by Gasteiger charge is 2.38. The van der Waals surface area contributed by atoms with Gasteiger partial charge in [-0.1, -0.05) is 13.0 Å². The lowest BCUT2D eigenvalue weighted by Gasteiger charge is -2.37. The molecule has 3 atom stereocenters. The smallest absolute Gasteiger partial charge is 0.247 e. The van der Waals surface area contributed by atoms with E-state index in [1.807, 2.05) is 38.2 Å². The Morgan fingerprint density at radius 2 is 1.74 bits per heavy atom. The fourth-order valence-corrected chi connectivity index (χ4v) is 6.16. The number of hydrogen-bond acceptors (Lipinski definition) is 7. The Bertz CT molecular complexity index is 1220. The van der Waals surface area contributed by atoms with E-state index in [1.165, 1.54) is 4.31 Å². The van der Waals surface area contributed by atoms with E-state index in [9.17, 15) is 13.5 Å². The monoisotopic (exact) mass is 496 g/mol. The van der Waals surface area contributed by atoms with Crippen molar-refractivity contribution in [2.24, 2.45) is 5.92 Å². The van der Waals surface area contributed by atoms with Gasteiger partial charge in [-0.05, 0) is 67.1 Å². The van der Waals surface area contributed by atoms with E-state index in [0.29, 0.717) is 18.8 Å². The third-order valence-corrected chi connectivity index (χ3v) is 8.39. The minimum absolute atomic E-state index is 0.114. The Morgan fingerprint density at radius 3 is 2.40 bits per heavy atom. The van der Waals surface area contributed by atoms with Crippen LogP contribution in [-0.4, -0.2) is 71.6 Å². The maximum Gasteiger partial charge on any atom is 0.247 e. The first kappa shape index (κ1) is 25.2. The molecule has 0 fully saturated rings. The second-order valence-corrected chi connectivity index (χ2v) is 11.0. The van der Waals surface area contributed by atoms with Gasteiger partial charge in [0.2, 0.25) is 10.0 Å². The molecule has 1 N–H and O–H groups in total. The van der Waals surface area contributed by atoms with Crippen molar-refractivity contribution in [2.45, 2.75) is 37.4 Å². The van der Waals surface area contributed by atoms with Gasteiger partial charge in [-0.25, -0.2) is 8.42 Å². The standard InChI is InChI=1S/C26H32N4O4S/c1-19-15-30(20(2)18-31)35(32,33)26-5-4-23(22-8-12-28-13-9-22)14-24(26)34-25(19)17-29(3)16-21-6-10-27-11-7-21/h4-14,19-20,25,31H,15-18H2,1-3H3/t19-,20+,25-/m1/s1. The Labute approximate surface area is 207 Å². The Hall–Kier alpha value is -2.85. The lowest BCUT2D eigenvalue weighted by Crippen LogP contribution is -2.49. The van der Waals surface area contributed by atoms with Crippen molar-refractivity contribution in [2.75, 3.05) is 26.7 Å². The SMILES string of the molecule is C[C@@H]1CN([C@@H](C)CO)S(=O)(=O)c2ccc(-c3ccncc3)cc2O[C@@H]1CN(C)Cc1ccncc1. The Kier molecular flexibility index (Phi) is 7.81.